The predicted octanol–water partition coefficient (Wildman–Crippen LogP) is 1.39. The molecule has 6 nitrogen and oxygen atoms in total. The SMILES string of the molecule is N#C/C(=C/NCc1cccc(Br)c1)C(=O)NCCN1CCOCC1. The van der Waals surface area contributed by atoms with Crippen LogP contribution in [0.2, 0.25) is 0 Å². The van der Waals surface area contributed by atoms with E-state index >= 15 is 0 Å². The number of rotatable bonds is 7. The number of amides is 1. The van der Waals surface area contributed by atoms with Gasteiger partial charge in [-0.15, -0.1) is 0 Å². The number of carbonyl (C=O) groups is 1. The Morgan fingerprint density at radius 3 is 2.92 bits per heavy atom. The second kappa shape index (κ2) is 10.1. The van der Waals surface area contributed by atoms with Crippen LogP contribution in [0.3, 0.4) is 0 Å². The number of nitriles is 1. The van der Waals surface area contributed by atoms with Gasteiger partial charge in [-0.3, -0.25) is 9.69 Å². The number of morpholine rings is 1. The largest absolute Gasteiger partial charge is 0.386 e. The van der Waals surface area contributed by atoms with Crippen LogP contribution < -0.4 is 10.6 Å². The fourth-order valence-corrected chi connectivity index (χ4v) is 2.76. The first kappa shape index (κ1) is 18.5. The Hall–Kier alpha value is -1.88. The molecule has 0 aromatic heterocycles. The fraction of sp³-hybridized carbons (Fsp3) is 0.412. The molecule has 7 heteroatoms. The molecule has 2 rings (SSSR count). The number of nitrogens with one attached hydrogen (secondary N) is 2. The summed E-state index contributed by atoms with van der Waals surface area (Å²) in [5, 5.41) is 14.9. The summed E-state index contributed by atoms with van der Waals surface area (Å²) >= 11 is 3.41. The van der Waals surface area contributed by atoms with Gasteiger partial charge < -0.3 is 15.4 Å². The van der Waals surface area contributed by atoms with Gasteiger partial charge in [0.2, 0.25) is 0 Å². The Morgan fingerprint density at radius 2 is 2.21 bits per heavy atom. The highest BCUT2D eigenvalue weighted by Crippen LogP contribution is 2.11. The van der Waals surface area contributed by atoms with E-state index in [1.807, 2.05) is 30.3 Å². The summed E-state index contributed by atoms with van der Waals surface area (Å²) < 4.78 is 6.27. The van der Waals surface area contributed by atoms with E-state index in [-0.39, 0.29) is 11.5 Å². The molecule has 1 heterocycles. The number of nitrogens with zero attached hydrogens (tertiary/aromatic N) is 2. The number of benzene rings is 1. The highest BCUT2D eigenvalue weighted by Gasteiger charge is 2.12. The lowest BCUT2D eigenvalue weighted by Crippen LogP contribution is -2.41. The van der Waals surface area contributed by atoms with Crippen LogP contribution in [0.15, 0.2) is 40.5 Å². The molecule has 1 aliphatic rings. The van der Waals surface area contributed by atoms with E-state index in [9.17, 15) is 4.79 Å². The molecule has 1 fully saturated rings. The summed E-state index contributed by atoms with van der Waals surface area (Å²) in [5.74, 6) is -0.354. The lowest BCUT2D eigenvalue weighted by atomic mass is 10.2. The van der Waals surface area contributed by atoms with Crippen LogP contribution >= 0.6 is 15.9 Å². The van der Waals surface area contributed by atoms with Crippen LogP contribution in [0.25, 0.3) is 0 Å². The Labute approximate surface area is 150 Å². The Bertz CT molecular complexity index is 621. The van der Waals surface area contributed by atoms with Crippen molar-refractivity contribution >= 4 is 21.8 Å². The first-order valence-corrected chi connectivity index (χ1v) is 8.65. The van der Waals surface area contributed by atoms with Gasteiger partial charge in [-0.2, -0.15) is 5.26 Å². The van der Waals surface area contributed by atoms with Crippen molar-refractivity contribution in [3.8, 4) is 6.07 Å². The minimum atomic E-state index is -0.354. The van der Waals surface area contributed by atoms with Crippen molar-refractivity contribution in [1.29, 1.82) is 5.26 Å². The van der Waals surface area contributed by atoms with Gasteiger partial charge in [0.15, 0.2) is 0 Å². The van der Waals surface area contributed by atoms with Gasteiger partial charge in [-0.25, -0.2) is 0 Å². The number of hydrogen-bond acceptors (Lipinski definition) is 5. The van der Waals surface area contributed by atoms with Gasteiger partial charge in [0.1, 0.15) is 11.6 Å². The van der Waals surface area contributed by atoms with Gasteiger partial charge >= 0.3 is 0 Å². The van der Waals surface area contributed by atoms with Crippen LogP contribution in [-0.2, 0) is 16.1 Å². The van der Waals surface area contributed by atoms with E-state index < -0.39 is 0 Å². The zero-order valence-corrected chi connectivity index (χ0v) is 15.0. The maximum Gasteiger partial charge on any atom is 0.263 e. The summed E-state index contributed by atoms with van der Waals surface area (Å²) in [4.78, 5) is 14.2. The molecule has 1 aromatic carbocycles. The van der Waals surface area contributed by atoms with Gasteiger partial charge in [-0.1, -0.05) is 28.1 Å². The zero-order chi connectivity index (χ0) is 17.2. The second-order valence-corrected chi connectivity index (χ2v) is 6.31. The quantitative estimate of drug-likeness (QED) is 0.541. The number of hydrogen-bond donors (Lipinski definition) is 2. The monoisotopic (exact) mass is 392 g/mol. The molecule has 0 saturated carbocycles. The van der Waals surface area contributed by atoms with Crippen molar-refractivity contribution in [3.05, 3.63) is 46.1 Å². The summed E-state index contributed by atoms with van der Waals surface area (Å²) in [5.41, 5.74) is 1.14. The van der Waals surface area contributed by atoms with Crippen molar-refractivity contribution in [3.63, 3.8) is 0 Å². The number of carbonyl (C=O) groups excluding carboxylic acids is 1. The standard InChI is InChI=1S/C17H21BrN4O2/c18-16-3-1-2-14(10-16)12-20-13-15(11-19)17(23)21-4-5-22-6-8-24-9-7-22/h1-3,10,13,20H,4-9,12H2,(H,21,23)/b15-13-. The molecule has 1 saturated heterocycles. The van der Waals surface area contributed by atoms with Crippen LogP contribution in [0, 0.1) is 11.3 Å². The highest BCUT2D eigenvalue weighted by atomic mass is 79.9. The van der Waals surface area contributed by atoms with Crippen LogP contribution in [0.5, 0.6) is 0 Å². The molecule has 24 heavy (non-hydrogen) atoms. The molecule has 0 spiro atoms. The summed E-state index contributed by atoms with van der Waals surface area (Å²) in [6, 6.07) is 9.77. The van der Waals surface area contributed by atoms with E-state index in [0.717, 1.165) is 42.9 Å². The van der Waals surface area contributed by atoms with Crippen molar-refractivity contribution < 1.29 is 9.53 Å². The van der Waals surface area contributed by atoms with E-state index in [0.29, 0.717) is 13.1 Å². The van der Waals surface area contributed by atoms with Crippen LogP contribution in [-0.4, -0.2) is 50.2 Å². The summed E-state index contributed by atoms with van der Waals surface area (Å²) in [7, 11) is 0. The second-order valence-electron chi connectivity index (χ2n) is 5.39. The summed E-state index contributed by atoms with van der Waals surface area (Å²) in [6.45, 7) is 5.05. The van der Waals surface area contributed by atoms with Crippen LogP contribution in [0.1, 0.15) is 5.56 Å². The molecule has 128 valence electrons. The van der Waals surface area contributed by atoms with Gasteiger partial charge in [0.25, 0.3) is 5.91 Å². The normalized spacial score (nSPS) is 15.6. The number of halogens is 1. The van der Waals surface area contributed by atoms with Crippen molar-refractivity contribution in [2.45, 2.75) is 6.54 Å². The Morgan fingerprint density at radius 1 is 1.42 bits per heavy atom. The van der Waals surface area contributed by atoms with Crippen molar-refractivity contribution in [2.24, 2.45) is 0 Å². The van der Waals surface area contributed by atoms with E-state index in [2.05, 4.69) is 31.5 Å². The van der Waals surface area contributed by atoms with Gasteiger partial charge in [0, 0.05) is 43.4 Å². The van der Waals surface area contributed by atoms with Gasteiger partial charge in [-0.05, 0) is 17.7 Å². The van der Waals surface area contributed by atoms with E-state index in [4.69, 9.17) is 10.00 Å². The average molecular weight is 393 g/mol. The minimum absolute atomic E-state index is 0.0759. The molecule has 1 aromatic rings. The molecule has 0 radical (unpaired) electrons. The van der Waals surface area contributed by atoms with Crippen molar-refractivity contribution in [2.75, 3.05) is 39.4 Å². The molecule has 0 unspecified atom stereocenters. The molecule has 1 amide bonds. The maximum atomic E-state index is 12.0. The van der Waals surface area contributed by atoms with Crippen molar-refractivity contribution in [1.82, 2.24) is 15.5 Å². The van der Waals surface area contributed by atoms with E-state index in [1.165, 1.54) is 6.20 Å². The molecule has 1 aliphatic heterocycles. The average Bonchev–Trinajstić information content (AvgIpc) is 2.59. The summed E-state index contributed by atoms with van der Waals surface area (Å²) in [6.07, 6.45) is 1.46. The molecule has 0 bridgehead atoms. The topological polar surface area (TPSA) is 77.4 Å². The number of ether oxygens (including phenoxy) is 1. The van der Waals surface area contributed by atoms with E-state index in [1.54, 1.807) is 0 Å². The lowest BCUT2D eigenvalue weighted by molar-refractivity contribution is -0.117. The van der Waals surface area contributed by atoms with Crippen LogP contribution in [0.4, 0.5) is 0 Å². The minimum Gasteiger partial charge on any atom is -0.386 e. The fourth-order valence-electron chi connectivity index (χ4n) is 2.31. The first-order valence-electron chi connectivity index (χ1n) is 7.85. The molecular formula is C17H21BrN4O2. The lowest BCUT2D eigenvalue weighted by Gasteiger charge is -2.26. The maximum absolute atomic E-state index is 12.0. The Balaban J connectivity index is 1.74. The Kier molecular flexibility index (Phi) is 7.75. The molecular weight excluding hydrogens is 372 g/mol. The molecule has 0 atom stereocenters. The zero-order valence-electron chi connectivity index (χ0n) is 13.4. The smallest absolute Gasteiger partial charge is 0.263 e. The third-order valence-electron chi connectivity index (χ3n) is 3.62. The third kappa shape index (κ3) is 6.32. The molecule has 0 aliphatic carbocycles. The molecule has 2 N–H and O–H groups in total. The highest BCUT2D eigenvalue weighted by molar-refractivity contribution is 9.10. The third-order valence-corrected chi connectivity index (χ3v) is 4.12. The predicted molar refractivity (Wildman–Crippen MR) is 94.9 cm³/mol. The first-order chi connectivity index (χ1) is 11.7. The van der Waals surface area contributed by atoms with Gasteiger partial charge in [0.05, 0.1) is 13.2 Å².